The highest BCUT2D eigenvalue weighted by Gasteiger charge is 2.53. The Morgan fingerprint density at radius 1 is 1.09 bits per heavy atom. The Morgan fingerprint density at radius 3 is 2.22 bits per heavy atom. The van der Waals surface area contributed by atoms with E-state index in [4.69, 9.17) is 18.8 Å². The number of methoxy groups -OCH3 is 1. The lowest BCUT2D eigenvalue weighted by Crippen LogP contribution is -2.41. The van der Waals surface area contributed by atoms with Crippen LogP contribution in [0.25, 0.3) is 0 Å². The van der Waals surface area contributed by atoms with Gasteiger partial charge in [0.25, 0.3) is 0 Å². The van der Waals surface area contributed by atoms with E-state index < -0.39 is 7.12 Å². The number of hydrogen-bond acceptors (Lipinski definition) is 4. The van der Waals surface area contributed by atoms with E-state index in [9.17, 15) is 0 Å². The van der Waals surface area contributed by atoms with Gasteiger partial charge in [-0.2, -0.15) is 0 Å². The molecule has 0 radical (unpaired) electrons. The Kier molecular flexibility index (Phi) is 4.36. The molecule has 1 aromatic carbocycles. The van der Waals surface area contributed by atoms with E-state index in [2.05, 4.69) is 27.7 Å². The fraction of sp³-hybridized carbons (Fsp3) is 0.667. The highest BCUT2D eigenvalue weighted by atomic mass is 16.7. The van der Waals surface area contributed by atoms with Gasteiger partial charge in [0, 0.05) is 0 Å². The minimum absolute atomic E-state index is 0.385. The van der Waals surface area contributed by atoms with Crippen LogP contribution in [0, 0.1) is 5.92 Å². The SMILES string of the molecule is COc1cccc(OCC2CCC2)c1B1OC(C)(C)C(C)(C)O1. The molecule has 1 aromatic rings. The molecule has 0 atom stereocenters. The van der Waals surface area contributed by atoms with Gasteiger partial charge in [0.05, 0.1) is 30.4 Å². The highest BCUT2D eigenvalue weighted by molar-refractivity contribution is 6.64. The molecule has 1 saturated carbocycles. The van der Waals surface area contributed by atoms with Crippen molar-refractivity contribution in [2.75, 3.05) is 13.7 Å². The van der Waals surface area contributed by atoms with Crippen LogP contribution in [-0.2, 0) is 9.31 Å². The van der Waals surface area contributed by atoms with Crippen molar-refractivity contribution in [1.29, 1.82) is 0 Å². The van der Waals surface area contributed by atoms with Crippen LogP contribution < -0.4 is 14.9 Å². The molecule has 1 aliphatic carbocycles. The average molecular weight is 318 g/mol. The first kappa shape index (κ1) is 16.7. The summed E-state index contributed by atoms with van der Waals surface area (Å²) < 4.78 is 24.0. The second kappa shape index (κ2) is 6.02. The van der Waals surface area contributed by atoms with E-state index in [-0.39, 0.29) is 11.2 Å². The molecular formula is C18H27BO4. The minimum Gasteiger partial charge on any atom is -0.497 e. The summed E-state index contributed by atoms with van der Waals surface area (Å²) in [6.45, 7) is 8.96. The van der Waals surface area contributed by atoms with Crippen molar-refractivity contribution in [1.82, 2.24) is 0 Å². The topological polar surface area (TPSA) is 36.9 Å². The van der Waals surface area contributed by atoms with Gasteiger partial charge >= 0.3 is 7.12 Å². The zero-order valence-electron chi connectivity index (χ0n) is 14.8. The number of benzene rings is 1. The first-order valence-corrected chi connectivity index (χ1v) is 8.49. The second-order valence-electron chi connectivity index (χ2n) is 7.57. The molecule has 0 N–H and O–H groups in total. The van der Waals surface area contributed by atoms with Crippen molar-refractivity contribution in [3.63, 3.8) is 0 Å². The van der Waals surface area contributed by atoms with Crippen LogP contribution in [0.4, 0.5) is 0 Å². The van der Waals surface area contributed by atoms with Crippen LogP contribution in [0.3, 0.4) is 0 Å². The van der Waals surface area contributed by atoms with Crippen molar-refractivity contribution in [3.05, 3.63) is 18.2 Å². The van der Waals surface area contributed by atoms with Gasteiger partial charge in [-0.3, -0.25) is 0 Å². The second-order valence-corrected chi connectivity index (χ2v) is 7.57. The molecule has 1 heterocycles. The van der Waals surface area contributed by atoms with E-state index in [0.29, 0.717) is 5.92 Å². The summed E-state index contributed by atoms with van der Waals surface area (Å²) in [5, 5.41) is 0. The quantitative estimate of drug-likeness (QED) is 0.782. The lowest BCUT2D eigenvalue weighted by atomic mass is 9.77. The van der Waals surface area contributed by atoms with Gasteiger partial charge < -0.3 is 18.8 Å². The van der Waals surface area contributed by atoms with E-state index >= 15 is 0 Å². The molecule has 0 aromatic heterocycles. The smallest absolute Gasteiger partial charge is 0.497 e. The maximum Gasteiger partial charge on any atom is 0.502 e. The zero-order chi connectivity index (χ0) is 16.7. The van der Waals surface area contributed by atoms with Crippen molar-refractivity contribution in [2.24, 2.45) is 5.92 Å². The third-order valence-corrected chi connectivity index (χ3v) is 5.43. The summed E-state index contributed by atoms with van der Waals surface area (Å²) in [5.41, 5.74) is 0.0843. The lowest BCUT2D eigenvalue weighted by molar-refractivity contribution is 0.00578. The van der Waals surface area contributed by atoms with Gasteiger partial charge in [0.1, 0.15) is 11.5 Å². The normalized spacial score (nSPS) is 22.7. The Labute approximate surface area is 139 Å². The van der Waals surface area contributed by atoms with Crippen LogP contribution in [0.5, 0.6) is 11.5 Å². The molecular weight excluding hydrogens is 291 g/mol. The predicted octanol–water partition coefficient (Wildman–Crippen LogP) is 3.17. The van der Waals surface area contributed by atoms with Crippen LogP contribution in [0.15, 0.2) is 18.2 Å². The first-order chi connectivity index (χ1) is 10.8. The minimum atomic E-state index is -0.479. The molecule has 5 heteroatoms. The Morgan fingerprint density at radius 2 is 1.70 bits per heavy atom. The fourth-order valence-electron chi connectivity index (χ4n) is 2.89. The van der Waals surface area contributed by atoms with Crippen molar-refractivity contribution >= 4 is 12.6 Å². The fourth-order valence-corrected chi connectivity index (χ4v) is 2.89. The van der Waals surface area contributed by atoms with Crippen molar-refractivity contribution in [2.45, 2.75) is 58.2 Å². The third-order valence-electron chi connectivity index (χ3n) is 5.43. The molecule has 0 spiro atoms. The van der Waals surface area contributed by atoms with Gasteiger partial charge in [0.2, 0.25) is 0 Å². The maximum atomic E-state index is 6.20. The lowest BCUT2D eigenvalue weighted by Gasteiger charge is -2.32. The Bertz CT molecular complexity index is 550. The number of ether oxygens (including phenoxy) is 2. The van der Waals surface area contributed by atoms with Gasteiger partial charge in [-0.1, -0.05) is 12.5 Å². The van der Waals surface area contributed by atoms with Crippen molar-refractivity contribution in [3.8, 4) is 11.5 Å². The van der Waals surface area contributed by atoms with Crippen LogP contribution in [0.2, 0.25) is 0 Å². The largest absolute Gasteiger partial charge is 0.502 e. The molecule has 3 rings (SSSR count). The predicted molar refractivity (Wildman–Crippen MR) is 91.5 cm³/mol. The molecule has 23 heavy (non-hydrogen) atoms. The number of rotatable bonds is 5. The molecule has 2 aliphatic rings. The van der Waals surface area contributed by atoms with E-state index in [0.717, 1.165) is 23.6 Å². The van der Waals surface area contributed by atoms with Crippen molar-refractivity contribution < 1.29 is 18.8 Å². The molecule has 2 fully saturated rings. The molecule has 1 saturated heterocycles. The summed E-state index contributed by atoms with van der Waals surface area (Å²) in [6.07, 6.45) is 3.84. The van der Waals surface area contributed by atoms with E-state index in [1.807, 2.05) is 18.2 Å². The van der Waals surface area contributed by atoms with Gasteiger partial charge in [-0.25, -0.2) is 0 Å². The first-order valence-electron chi connectivity index (χ1n) is 8.49. The summed E-state index contributed by atoms with van der Waals surface area (Å²) >= 11 is 0. The Hall–Kier alpha value is -1.20. The maximum absolute atomic E-state index is 6.20. The van der Waals surface area contributed by atoms with E-state index in [1.165, 1.54) is 19.3 Å². The third kappa shape index (κ3) is 3.09. The molecule has 0 bridgehead atoms. The van der Waals surface area contributed by atoms with E-state index in [1.54, 1.807) is 7.11 Å². The zero-order valence-corrected chi connectivity index (χ0v) is 14.8. The van der Waals surface area contributed by atoms with Gasteiger partial charge in [-0.05, 0) is 58.6 Å². The van der Waals surface area contributed by atoms with Crippen LogP contribution >= 0.6 is 0 Å². The molecule has 126 valence electrons. The molecule has 0 unspecified atom stereocenters. The summed E-state index contributed by atoms with van der Waals surface area (Å²) in [6, 6.07) is 5.85. The average Bonchev–Trinajstić information content (AvgIpc) is 2.65. The molecule has 0 amide bonds. The standard InChI is InChI=1S/C18H27BO4/c1-17(2)18(3,4)23-19(22-17)16-14(20-5)10-7-11-15(16)21-12-13-8-6-9-13/h7,10-11,13H,6,8-9,12H2,1-5H3. The monoisotopic (exact) mass is 318 g/mol. The van der Waals surface area contributed by atoms with Crippen LogP contribution in [0.1, 0.15) is 47.0 Å². The van der Waals surface area contributed by atoms with Gasteiger partial charge in [-0.15, -0.1) is 0 Å². The highest BCUT2D eigenvalue weighted by Crippen LogP contribution is 2.38. The summed E-state index contributed by atoms with van der Waals surface area (Å²) in [7, 11) is 1.19. The molecule has 1 aliphatic heterocycles. The summed E-state index contributed by atoms with van der Waals surface area (Å²) in [4.78, 5) is 0. The Balaban J connectivity index is 1.87. The number of hydrogen-bond donors (Lipinski definition) is 0. The van der Waals surface area contributed by atoms with Crippen LogP contribution in [-0.4, -0.2) is 32.0 Å². The molecule has 4 nitrogen and oxygen atoms in total. The van der Waals surface area contributed by atoms with Gasteiger partial charge in [0.15, 0.2) is 0 Å². The summed E-state index contributed by atoms with van der Waals surface area (Å²) in [5.74, 6) is 2.22.